The van der Waals surface area contributed by atoms with Gasteiger partial charge in [0.05, 0.1) is 17.1 Å². The number of fused-ring (bicyclic) bond motifs is 1. The smallest absolute Gasteiger partial charge is 0.237 e. The van der Waals surface area contributed by atoms with Gasteiger partial charge in [-0.25, -0.2) is 4.98 Å². The van der Waals surface area contributed by atoms with Gasteiger partial charge in [-0.05, 0) is 12.1 Å². The molecule has 0 aliphatic carbocycles. The van der Waals surface area contributed by atoms with Gasteiger partial charge in [-0.2, -0.15) is 0 Å². The lowest BCUT2D eigenvalue weighted by atomic mass is 10.2. The minimum atomic E-state index is -0.0765. The highest BCUT2D eigenvalue weighted by molar-refractivity contribution is 8.00. The standard InChI is InChI=1S/C23H21N3O2S2/c1-2-13-26(23-24-18(15-30-23)17-8-4-3-5-9-17)21(27)12-14-25-19-10-6-7-11-20(19)29-16-22(25)28/h2-11,15H,1,12-14,16H2. The average molecular weight is 436 g/mol. The number of hydrogen-bond acceptors (Lipinski definition) is 5. The molecule has 0 unspecified atom stereocenters. The summed E-state index contributed by atoms with van der Waals surface area (Å²) in [7, 11) is 0. The molecule has 0 spiro atoms. The van der Waals surface area contributed by atoms with Crippen molar-refractivity contribution in [1.82, 2.24) is 4.98 Å². The molecule has 3 aromatic rings. The van der Waals surface area contributed by atoms with Crippen molar-refractivity contribution < 1.29 is 9.59 Å². The largest absolute Gasteiger partial charge is 0.310 e. The van der Waals surface area contributed by atoms with Gasteiger partial charge in [0.1, 0.15) is 0 Å². The van der Waals surface area contributed by atoms with E-state index in [9.17, 15) is 9.59 Å². The summed E-state index contributed by atoms with van der Waals surface area (Å²) in [6.45, 7) is 4.50. The van der Waals surface area contributed by atoms with Gasteiger partial charge in [0.15, 0.2) is 5.13 Å². The highest BCUT2D eigenvalue weighted by Crippen LogP contribution is 2.35. The molecule has 4 rings (SSSR count). The first kappa shape index (κ1) is 20.4. The van der Waals surface area contributed by atoms with Gasteiger partial charge < -0.3 is 4.90 Å². The van der Waals surface area contributed by atoms with Crippen LogP contribution >= 0.6 is 23.1 Å². The lowest BCUT2D eigenvalue weighted by Crippen LogP contribution is -2.39. The fraction of sp³-hybridized carbons (Fsp3) is 0.174. The molecule has 2 heterocycles. The van der Waals surface area contributed by atoms with Crippen LogP contribution in [0.1, 0.15) is 6.42 Å². The maximum atomic E-state index is 13.0. The van der Waals surface area contributed by atoms with Crippen molar-refractivity contribution in [3.63, 3.8) is 0 Å². The molecule has 0 atom stereocenters. The lowest BCUT2D eigenvalue weighted by molar-refractivity contribution is -0.118. The number of anilines is 2. The van der Waals surface area contributed by atoms with Crippen LogP contribution in [0, 0.1) is 0 Å². The number of carbonyl (C=O) groups excluding carboxylic acids is 2. The van der Waals surface area contributed by atoms with E-state index in [0.717, 1.165) is 21.8 Å². The van der Waals surface area contributed by atoms with Crippen LogP contribution in [0.15, 0.2) is 77.5 Å². The molecule has 0 bridgehead atoms. The number of benzene rings is 2. The zero-order valence-corrected chi connectivity index (χ0v) is 18.0. The third kappa shape index (κ3) is 4.32. The molecule has 0 radical (unpaired) electrons. The van der Waals surface area contributed by atoms with Gasteiger partial charge in [0.2, 0.25) is 11.8 Å². The van der Waals surface area contributed by atoms with Crippen LogP contribution < -0.4 is 9.80 Å². The molecule has 2 aromatic carbocycles. The summed E-state index contributed by atoms with van der Waals surface area (Å²) in [6.07, 6.45) is 1.91. The van der Waals surface area contributed by atoms with E-state index < -0.39 is 0 Å². The molecule has 2 amide bonds. The monoisotopic (exact) mass is 435 g/mol. The summed E-state index contributed by atoms with van der Waals surface area (Å²) in [6, 6.07) is 17.7. The van der Waals surface area contributed by atoms with E-state index in [1.807, 2.05) is 60.0 Å². The number of aromatic nitrogens is 1. The fourth-order valence-electron chi connectivity index (χ4n) is 3.29. The molecule has 0 N–H and O–H groups in total. The Bertz CT molecular complexity index is 1070. The van der Waals surface area contributed by atoms with Crippen LogP contribution in [0.5, 0.6) is 0 Å². The third-order valence-corrected chi connectivity index (χ3v) is 6.67. The normalized spacial score (nSPS) is 13.1. The Kier molecular flexibility index (Phi) is 6.30. The summed E-state index contributed by atoms with van der Waals surface area (Å²) in [5.41, 5.74) is 2.73. The van der Waals surface area contributed by atoms with Gasteiger partial charge in [-0.3, -0.25) is 14.5 Å². The Morgan fingerprint density at radius 3 is 2.73 bits per heavy atom. The van der Waals surface area contributed by atoms with Gasteiger partial charge >= 0.3 is 0 Å². The summed E-state index contributed by atoms with van der Waals surface area (Å²) in [5, 5.41) is 2.59. The van der Waals surface area contributed by atoms with Crippen molar-refractivity contribution in [1.29, 1.82) is 0 Å². The Balaban J connectivity index is 1.49. The summed E-state index contributed by atoms with van der Waals surface area (Å²) >= 11 is 2.97. The van der Waals surface area contributed by atoms with Crippen LogP contribution in [0.3, 0.4) is 0 Å². The predicted molar refractivity (Wildman–Crippen MR) is 124 cm³/mol. The molecule has 1 aliphatic rings. The van der Waals surface area contributed by atoms with Crippen LogP contribution in [-0.4, -0.2) is 35.6 Å². The predicted octanol–water partition coefficient (Wildman–Crippen LogP) is 4.86. The molecule has 152 valence electrons. The molecule has 5 nitrogen and oxygen atoms in total. The number of para-hydroxylation sites is 1. The Morgan fingerprint density at radius 2 is 1.93 bits per heavy atom. The van der Waals surface area contributed by atoms with Crippen LogP contribution in [0.2, 0.25) is 0 Å². The first-order valence-corrected chi connectivity index (χ1v) is 11.5. The molecule has 0 saturated carbocycles. The highest BCUT2D eigenvalue weighted by Gasteiger charge is 2.26. The van der Waals surface area contributed by atoms with E-state index in [4.69, 9.17) is 0 Å². The minimum Gasteiger partial charge on any atom is -0.310 e. The number of carbonyl (C=O) groups is 2. The van der Waals surface area contributed by atoms with Crippen LogP contribution in [-0.2, 0) is 9.59 Å². The van der Waals surface area contributed by atoms with E-state index in [1.54, 1.807) is 15.9 Å². The number of thiazole rings is 1. The second kappa shape index (κ2) is 9.28. The Morgan fingerprint density at radius 1 is 1.17 bits per heavy atom. The second-order valence-corrected chi connectivity index (χ2v) is 8.58. The van der Waals surface area contributed by atoms with Crippen molar-refractivity contribution in [2.24, 2.45) is 0 Å². The first-order chi connectivity index (χ1) is 14.7. The van der Waals surface area contributed by atoms with Gasteiger partial charge in [0.25, 0.3) is 0 Å². The molecule has 0 fully saturated rings. The summed E-state index contributed by atoms with van der Waals surface area (Å²) < 4.78 is 0. The van der Waals surface area contributed by atoms with Crippen LogP contribution in [0.4, 0.5) is 10.8 Å². The number of rotatable bonds is 7. The Labute approximate surface area is 184 Å². The number of hydrogen-bond donors (Lipinski definition) is 0. The number of amides is 2. The Hall–Kier alpha value is -2.90. The average Bonchev–Trinajstić information content (AvgIpc) is 3.27. The van der Waals surface area contributed by atoms with E-state index in [2.05, 4.69) is 11.6 Å². The lowest BCUT2D eigenvalue weighted by Gasteiger charge is -2.29. The van der Waals surface area contributed by atoms with Gasteiger partial charge in [0, 0.05) is 35.3 Å². The van der Waals surface area contributed by atoms with Crippen molar-refractivity contribution in [2.75, 3.05) is 28.6 Å². The van der Waals surface area contributed by atoms with E-state index >= 15 is 0 Å². The van der Waals surface area contributed by atoms with Gasteiger partial charge in [-0.15, -0.1) is 29.7 Å². The van der Waals surface area contributed by atoms with Crippen molar-refractivity contribution in [2.45, 2.75) is 11.3 Å². The first-order valence-electron chi connectivity index (χ1n) is 9.62. The van der Waals surface area contributed by atoms with E-state index in [0.29, 0.717) is 24.0 Å². The maximum Gasteiger partial charge on any atom is 0.237 e. The second-order valence-electron chi connectivity index (χ2n) is 6.73. The number of nitrogens with zero attached hydrogens (tertiary/aromatic N) is 3. The zero-order valence-electron chi connectivity index (χ0n) is 16.4. The summed E-state index contributed by atoms with van der Waals surface area (Å²) in [4.78, 5) is 34.6. The molecule has 7 heteroatoms. The molecular weight excluding hydrogens is 414 g/mol. The van der Waals surface area contributed by atoms with Crippen LogP contribution in [0.25, 0.3) is 11.3 Å². The van der Waals surface area contributed by atoms with E-state index in [-0.39, 0.29) is 18.2 Å². The van der Waals surface area contributed by atoms with Crippen molar-refractivity contribution in [3.8, 4) is 11.3 Å². The van der Waals surface area contributed by atoms with Gasteiger partial charge in [-0.1, -0.05) is 48.5 Å². The molecular formula is C23H21N3O2S2. The topological polar surface area (TPSA) is 53.5 Å². The number of thioether (sulfide) groups is 1. The molecule has 1 aromatic heterocycles. The quantitative estimate of drug-likeness (QED) is 0.498. The highest BCUT2D eigenvalue weighted by atomic mass is 32.2. The molecule has 1 aliphatic heterocycles. The summed E-state index contributed by atoms with van der Waals surface area (Å²) in [5.74, 6) is 0.351. The van der Waals surface area contributed by atoms with E-state index in [1.165, 1.54) is 23.1 Å². The zero-order chi connectivity index (χ0) is 20.9. The van der Waals surface area contributed by atoms with Crippen molar-refractivity contribution >= 4 is 45.7 Å². The fourth-order valence-corrected chi connectivity index (χ4v) is 5.08. The maximum absolute atomic E-state index is 13.0. The molecule has 30 heavy (non-hydrogen) atoms. The molecule has 0 saturated heterocycles. The minimum absolute atomic E-state index is 0.0300. The third-order valence-electron chi connectivity index (χ3n) is 4.76. The SMILES string of the molecule is C=CCN(C(=O)CCN1C(=O)CSc2ccccc21)c1nc(-c2ccccc2)cs1. The van der Waals surface area contributed by atoms with Crippen molar-refractivity contribution in [3.05, 3.63) is 72.6 Å².